The lowest BCUT2D eigenvalue weighted by atomic mass is 10.1. The molecule has 2 aromatic heterocycles. The van der Waals surface area contributed by atoms with Gasteiger partial charge in [-0.15, -0.1) is 0 Å². The molecule has 0 radical (unpaired) electrons. The van der Waals surface area contributed by atoms with E-state index in [1.54, 1.807) is 31.3 Å². The van der Waals surface area contributed by atoms with Gasteiger partial charge in [0, 0.05) is 24.4 Å². The van der Waals surface area contributed by atoms with Gasteiger partial charge in [0.2, 0.25) is 0 Å². The summed E-state index contributed by atoms with van der Waals surface area (Å²) in [7, 11) is 1.67. The summed E-state index contributed by atoms with van der Waals surface area (Å²) in [5.41, 5.74) is 7.44. The summed E-state index contributed by atoms with van der Waals surface area (Å²) in [6, 6.07) is 9.06. The van der Waals surface area contributed by atoms with E-state index < -0.39 is 5.82 Å². The van der Waals surface area contributed by atoms with Crippen LogP contribution in [0.15, 0.2) is 42.6 Å². The number of hydrogen-bond acceptors (Lipinski definition) is 5. The Morgan fingerprint density at radius 3 is 2.73 bits per heavy atom. The zero-order valence-electron chi connectivity index (χ0n) is 14.4. The molecule has 1 amide bonds. The van der Waals surface area contributed by atoms with Crippen molar-refractivity contribution < 1.29 is 13.9 Å². The molecule has 0 spiro atoms. The first-order valence-corrected chi connectivity index (χ1v) is 7.98. The molecule has 8 heteroatoms. The van der Waals surface area contributed by atoms with E-state index in [2.05, 4.69) is 15.4 Å². The number of halogens is 1. The maximum Gasteiger partial charge on any atom is 0.275 e. The van der Waals surface area contributed by atoms with Crippen LogP contribution in [0.2, 0.25) is 0 Å². The first kappa shape index (κ1) is 17.4. The summed E-state index contributed by atoms with van der Waals surface area (Å²) in [5.74, 6) is 0.182. The Kier molecular flexibility index (Phi) is 4.83. The number of carbonyl (C=O) groups excluding carboxylic acids is 1. The van der Waals surface area contributed by atoms with Gasteiger partial charge >= 0.3 is 0 Å². The molecule has 3 aromatic rings. The lowest BCUT2D eigenvalue weighted by Crippen LogP contribution is -2.17. The van der Waals surface area contributed by atoms with Crippen molar-refractivity contribution in [3.05, 3.63) is 54.1 Å². The highest BCUT2D eigenvalue weighted by molar-refractivity contribution is 6.02. The van der Waals surface area contributed by atoms with Gasteiger partial charge in [-0.05, 0) is 43.3 Å². The minimum atomic E-state index is -0.406. The minimum Gasteiger partial charge on any atom is -0.493 e. The van der Waals surface area contributed by atoms with Gasteiger partial charge in [0.25, 0.3) is 5.91 Å². The van der Waals surface area contributed by atoms with Crippen LogP contribution in [0.1, 0.15) is 17.4 Å². The Hall–Kier alpha value is -3.42. The second kappa shape index (κ2) is 7.22. The van der Waals surface area contributed by atoms with E-state index in [9.17, 15) is 9.18 Å². The van der Waals surface area contributed by atoms with E-state index in [0.29, 0.717) is 29.2 Å². The van der Waals surface area contributed by atoms with Gasteiger partial charge in [-0.25, -0.2) is 9.37 Å². The number of amides is 1. The van der Waals surface area contributed by atoms with Crippen molar-refractivity contribution in [1.29, 1.82) is 0 Å². The summed E-state index contributed by atoms with van der Waals surface area (Å²) < 4.78 is 20.7. The molecular weight excluding hydrogens is 337 g/mol. The number of nitrogens with zero attached hydrogens (tertiary/aromatic N) is 3. The molecule has 26 heavy (non-hydrogen) atoms. The topological polar surface area (TPSA) is 95.1 Å². The fourth-order valence-corrected chi connectivity index (χ4v) is 2.54. The number of ether oxygens (including phenoxy) is 1. The smallest absolute Gasteiger partial charge is 0.275 e. The third kappa shape index (κ3) is 3.49. The van der Waals surface area contributed by atoms with Crippen LogP contribution in [0.25, 0.3) is 11.1 Å². The molecule has 0 fully saturated rings. The lowest BCUT2D eigenvalue weighted by molar-refractivity contribution is 0.101. The Bertz CT molecular complexity index is 955. The molecule has 0 aliphatic carbocycles. The second-order valence-electron chi connectivity index (χ2n) is 5.50. The Balaban J connectivity index is 1.90. The quantitative estimate of drug-likeness (QED) is 0.734. The number of nitrogen functional groups attached to an aromatic ring is 1. The first-order valence-electron chi connectivity index (χ1n) is 7.98. The number of rotatable bonds is 5. The normalized spacial score (nSPS) is 10.6. The summed E-state index contributed by atoms with van der Waals surface area (Å²) in [4.78, 5) is 16.4. The van der Waals surface area contributed by atoms with Crippen LogP contribution in [-0.2, 0) is 7.05 Å². The maximum absolute atomic E-state index is 13.7. The van der Waals surface area contributed by atoms with Crippen LogP contribution < -0.4 is 15.8 Å². The van der Waals surface area contributed by atoms with Gasteiger partial charge in [-0.2, -0.15) is 5.10 Å². The van der Waals surface area contributed by atoms with Crippen LogP contribution in [0.5, 0.6) is 5.75 Å². The van der Waals surface area contributed by atoms with Crippen molar-refractivity contribution >= 4 is 17.5 Å². The van der Waals surface area contributed by atoms with E-state index in [0.717, 1.165) is 0 Å². The summed E-state index contributed by atoms with van der Waals surface area (Å²) >= 11 is 0. The monoisotopic (exact) mass is 355 g/mol. The minimum absolute atomic E-state index is 0.152. The van der Waals surface area contributed by atoms with Gasteiger partial charge in [0.05, 0.1) is 6.61 Å². The zero-order chi connectivity index (χ0) is 18.7. The van der Waals surface area contributed by atoms with E-state index in [4.69, 9.17) is 10.5 Å². The molecule has 0 aliphatic rings. The number of hydrogen-bond donors (Lipinski definition) is 2. The molecule has 3 N–H and O–H groups in total. The van der Waals surface area contributed by atoms with Crippen molar-refractivity contribution in [1.82, 2.24) is 14.8 Å². The van der Waals surface area contributed by atoms with Crippen LogP contribution in [0.4, 0.5) is 16.0 Å². The number of benzene rings is 1. The number of aromatic nitrogens is 3. The fraction of sp³-hybridized carbons (Fsp3) is 0.167. The highest BCUT2D eigenvalue weighted by Crippen LogP contribution is 2.34. The van der Waals surface area contributed by atoms with Crippen molar-refractivity contribution in [2.75, 3.05) is 17.7 Å². The molecular formula is C18H18FN5O2. The third-order valence-electron chi connectivity index (χ3n) is 3.75. The fourth-order valence-electron chi connectivity index (χ4n) is 2.54. The largest absolute Gasteiger partial charge is 0.493 e. The molecule has 3 rings (SSSR count). The molecule has 1 aromatic carbocycles. The number of nitrogens with two attached hydrogens (primary N) is 1. The average molecular weight is 355 g/mol. The van der Waals surface area contributed by atoms with Crippen LogP contribution in [0.3, 0.4) is 0 Å². The van der Waals surface area contributed by atoms with E-state index >= 15 is 0 Å². The number of nitrogens with one attached hydrogen (secondary N) is 1. The Morgan fingerprint density at radius 2 is 2.08 bits per heavy atom. The highest BCUT2D eigenvalue weighted by Gasteiger charge is 2.15. The molecule has 0 aliphatic heterocycles. The predicted octanol–water partition coefficient (Wildman–Crippen LogP) is 2.85. The van der Waals surface area contributed by atoms with Gasteiger partial charge in [-0.1, -0.05) is 0 Å². The number of aryl methyl sites for hydroxylation is 1. The molecule has 0 saturated heterocycles. The molecule has 134 valence electrons. The second-order valence-corrected chi connectivity index (χ2v) is 5.50. The first-order chi connectivity index (χ1) is 12.5. The van der Waals surface area contributed by atoms with Gasteiger partial charge < -0.3 is 15.8 Å². The predicted molar refractivity (Wildman–Crippen MR) is 96.4 cm³/mol. The van der Waals surface area contributed by atoms with Crippen molar-refractivity contribution in [2.24, 2.45) is 7.05 Å². The van der Waals surface area contributed by atoms with Crippen LogP contribution in [-0.4, -0.2) is 27.3 Å². The van der Waals surface area contributed by atoms with Crippen LogP contribution in [0, 0.1) is 5.82 Å². The standard InChI is InChI=1S/C18H18FN5O2/c1-3-26-15-6-4-11(19)10-13(15)12-5-7-16(22-17(12)20)23-18(25)14-8-9-21-24(14)2/h4-10H,3H2,1-2H3,(H3,20,22,23,25). The molecule has 7 nitrogen and oxygen atoms in total. The average Bonchev–Trinajstić information content (AvgIpc) is 3.03. The van der Waals surface area contributed by atoms with Crippen molar-refractivity contribution in [2.45, 2.75) is 6.92 Å². The van der Waals surface area contributed by atoms with Crippen LogP contribution >= 0.6 is 0 Å². The van der Waals surface area contributed by atoms with Crippen molar-refractivity contribution in [3.8, 4) is 16.9 Å². The van der Waals surface area contributed by atoms with Crippen molar-refractivity contribution in [3.63, 3.8) is 0 Å². The Labute approximate surface area is 149 Å². The molecule has 0 unspecified atom stereocenters. The number of anilines is 2. The van der Waals surface area contributed by atoms with Gasteiger partial charge in [0.1, 0.15) is 28.9 Å². The third-order valence-corrected chi connectivity index (χ3v) is 3.75. The lowest BCUT2D eigenvalue weighted by Gasteiger charge is -2.13. The van der Waals surface area contributed by atoms with Gasteiger partial charge in [-0.3, -0.25) is 9.48 Å². The van der Waals surface area contributed by atoms with E-state index in [1.165, 1.54) is 23.0 Å². The SMILES string of the molecule is CCOc1ccc(F)cc1-c1ccc(NC(=O)c2ccnn2C)nc1N. The highest BCUT2D eigenvalue weighted by atomic mass is 19.1. The molecule has 0 atom stereocenters. The zero-order valence-corrected chi connectivity index (χ0v) is 14.4. The maximum atomic E-state index is 13.7. The summed E-state index contributed by atoms with van der Waals surface area (Å²) in [5, 5.41) is 6.61. The molecule has 0 bridgehead atoms. The summed E-state index contributed by atoms with van der Waals surface area (Å²) in [6.07, 6.45) is 1.53. The molecule has 0 saturated carbocycles. The number of carbonyl (C=O) groups is 1. The van der Waals surface area contributed by atoms with Gasteiger partial charge in [0.15, 0.2) is 0 Å². The van der Waals surface area contributed by atoms with E-state index in [1.807, 2.05) is 6.92 Å². The number of pyridine rings is 1. The summed E-state index contributed by atoms with van der Waals surface area (Å²) in [6.45, 7) is 2.27. The Morgan fingerprint density at radius 1 is 1.27 bits per heavy atom. The van der Waals surface area contributed by atoms with E-state index in [-0.39, 0.29) is 17.5 Å². The molecule has 2 heterocycles.